The van der Waals surface area contributed by atoms with Gasteiger partial charge in [-0.05, 0) is 49.4 Å². The molecule has 0 spiro atoms. The molecule has 1 amide bonds. The van der Waals surface area contributed by atoms with Crippen LogP contribution in [0.3, 0.4) is 0 Å². The van der Waals surface area contributed by atoms with Gasteiger partial charge < -0.3 is 14.8 Å². The third-order valence-electron chi connectivity index (χ3n) is 4.43. The van der Waals surface area contributed by atoms with Crippen molar-refractivity contribution >= 4 is 16.7 Å². The zero-order valence-electron chi connectivity index (χ0n) is 16.0. The van der Waals surface area contributed by atoms with Crippen LogP contribution in [0.5, 0.6) is 11.5 Å². The van der Waals surface area contributed by atoms with E-state index in [0.29, 0.717) is 13.2 Å². The highest BCUT2D eigenvalue weighted by molar-refractivity contribution is 5.88. The zero-order valence-corrected chi connectivity index (χ0v) is 16.0. The smallest absolute Gasteiger partial charge is 0.260 e. The van der Waals surface area contributed by atoms with Crippen molar-refractivity contribution in [2.75, 3.05) is 13.2 Å². The highest BCUT2D eigenvalue weighted by Gasteiger charge is 2.15. The summed E-state index contributed by atoms with van der Waals surface area (Å²) in [6.45, 7) is 6.54. The Labute approximate surface area is 160 Å². The molecule has 140 valence electrons. The molecule has 0 aliphatic heterocycles. The molecule has 1 atom stereocenters. The summed E-state index contributed by atoms with van der Waals surface area (Å²) in [7, 11) is 0. The van der Waals surface area contributed by atoms with Gasteiger partial charge in [0.25, 0.3) is 5.91 Å². The molecule has 3 aromatic rings. The molecule has 3 aromatic carbocycles. The number of amides is 1. The van der Waals surface area contributed by atoms with Gasteiger partial charge >= 0.3 is 0 Å². The lowest BCUT2D eigenvalue weighted by Crippen LogP contribution is -2.38. The first-order chi connectivity index (χ1) is 13.0. The van der Waals surface area contributed by atoms with Crippen molar-refractivity contribution in [3.05, 3.63) is 71.8 Å². The molecule has 4 heteroatoms. The molecular weight excluding hydrogens is 338 g/mol. The Morgan fingerprint density at radius 3 is 2.63 bits per heavy atom. The Morgan fingerprint density at radius 2 is 1.78 bits per heavy atom. The van der Waals surface area contributed by atoms with Crippen molar-refractivity contribution in [2.45, 2.75) is 26.9 Å². The van der Waals surface area contributed by atoms with Crippen LogP contribution in [0.1, 0.15) is 18.1 Å². The second-order valence-electron chi connectivity index (χ2n) is 6.65. The SMILES string of the molecule is Cc1ccc(C)c(OC(C)C(=O)NCCOc2cccc3ccccc23)c1. The summed E-state index contributed by atoms with van der Waals surface area (Å²) >= 11 is 0. The minimum atomic E-state index is -0.567. The number of nitrogens with one attached hydrogen (secondary N) is 1. The lowest BCUT2D eigenvalue weighted by molar-refractivity contribution is -0.127. The predicted molar refractivity (Wildman–Crippen MR) is 108 cm³/mol. The summed E-state index contributed by atoms with van der Waals surface area (Å²) in [4.78, 5) is 12.3. The molecule has 0 saturated heterocycles. The van der Waals surface area contributed by atoms with Crippen molar-refractivity contribution in [1.29, 1.82) is 0 Å². The molecule has 27 heavy (non-hydrogen) atoms. The second kappa shape index (κ2) is 8.58. The molecule has 0 aliphatic rings. The van der Waals surface area contributed by atoms with Crippen LogP contribution in [0, 0.1) is 13.8 Å². The van der Waals surface area contributed by atoms with E-state index in [-0.39, 0.29) is 5.91 Å². The van der Waals surface area contributed by atoms with E-state index < -0.39 is 6.10 Å². The minimum Gasteiger partial charge on any atom is -0.491 e. The highest BCUT2D eigenvalue weighted by atomic mass is 16.5. The Kier molecular flexibility index (Phi) is 5.97. The molecule has 0 heterocycles. The number of carbonyl (C=O) groups is 1. The molecule has 0 fully saturated rings. The van der Waals surface area contributed by atoms with Crippen LogP contribution < -0.4 is 14.8 Å². The molecular formula is C23H25NO3. The maximum atomic E-state index is 12.3. The van der Waals surface area contributed by atoms with E-state index in [1.807, 2.05) is 62.4 Å². The number of hydrogen-bond acceptors (Lipinski definition) is 3. The van der Waals surface area contributed by atoms with E-state index in [9.17, 15) is 4.79 Å². The minimum absolute atomic E-state index is 0.155. The number of hydrogen-bond donors (Lipinski definition) is 1. The van der Waals surface area contributed by atoms with Crippen molar-refractivity contribution in [2.24, 2.45) is 0 Å². The van der Waals surface area contributed by atoms with E-state index in [4.69, 9.17) is 9.47 Å². The van der Waals surface area contributed by atoms with Crippen LogP contribution in [0.25, 0.3) is 10.8 Å². The van der Waals surface area contributed by atoms with Gasteiger partial charge in [-0.2, -0.15) is 0 Å². The third-order valence-corrected chi connectivity index (χ3v) is 4.43. The predicted octanol–water partition coefficient (Wildman–Crippen LogP) is 4.42. The Morgan fingerprint density at radius 1 is 1.00 bits per heavy atom. The average Bonchev–Trinajstić information content (AvgIpc) is 2.68. The van der Waals surface area contributed by atoms with Gasteiger partial charge in [-0.3, -0.25) is 4.79 Å². The van der Waals surface area contributed by atoms with Crippen LogP contribution in [0.15, 0.2) is 60.7 Å². The van der Waals surface area contributed by atoms with E-state index in [1.54, 1.807) is 6.92 Å². The van der Waals surface area contributed by atoms with Crippen molar-refractivity contribution in [1.82, 2.24) is 5.32 Å². The normalized spacial score (nSPS) is 11.8. The summed E-state index contributed by atoms with van der Waals surface area (Å²) in [5.41, 5.74) is 2.12. The molecule has 0 saturated carbocycles. The summed E-state index contributed by atoms with van der Waals surface area (Å²) in [6.07, 6.45) is -0.567. The first-order valence-corrected chi connectivity index (χ1v) is 9.17. The molecule has 3 rings (SSSR count). The third kappa shape index (κ3) is 4.79. The van der Waals surface area contributed by atoms with Crippen LogP contribution in [-0.4, -0.2) is 25.2 Å². The number of aryl methyl sites for hydroxylation is 2. The van der Waals surface area contributed by atoms with Crippen LogP contribution in [0.4, 0.5) is 0 Å². The molecule has 0 aromatic heterocycles. The van der Waals surface area contributed by atoms with Crippen LogP contribution in [0.2, 0.25) is 0 Å². The molecule has 1 unspecified atom stereocenters. The Bertz CT molecular complexity index is 931. The van der Waals surface area contributed by atoms with E-state index in [2.05, 4.69) is 17.4 Å². The fourth-order valence-electron chi connectivity index (χ4n) is 2.88. The quantitative estimate of drug-likeness (QED) is 0.632. The van der Waals surface area contributed by atoms with Crippen LogP contribution >= 0.6 is 0 Å². The zero-order chi connectivity index (χ0) is 19.2. The van der Waals surface area contributed by atoms with Gasteiger partial charge in [0, 0.05) is 5.39 Å². The van der Waals surface area contributed by atoms with Crippen molar-refractivity contribution in [3.63, 3.8) is 0 Å². The standard InChI is InChI=1S/C23H25NO3/c1-16-11-12-17(2)22(15-16)27-18(3)23(25)24-13-14-26-21-10-6-8-19-7-4-5-9-20(19)21/h4-12,15,18H,13-14H2,1-3H3,(H,24,25). The molecule has 1 N–H and O–H groups in total. The Hall–Kier alpha value is -3.01. The van der Waals surface area contributed by atoms with Crippen molar-refractivity contribution in [3.8, 4) is 11.5 Å². The topological polar surface area (TPSA) is 47.6 Å². The van der Waals surface area contributed by atoms with E-state index >= 15 is 0 Å². The number of rotatable bonds is 7. The van der Waals surface area contributed by atoms with E-state index in [1.165, 1.54) is 0 Å². The lowest BCUT2D eigenvalue weighted by Gasteiger charge is -2.17. The van der Waals surface area contributed by atoms with Gasteiger partial charge in [0.05, 0.1) is 6.54 Å². The number of ether oxygens (including phenoxy) is 2. The molecule has 0 radical (unpaired) electrons. The maximum Gasteiger partial charge on any atom is 0.260 e. The summed E-state index contributed by atoms with van der Waals surface area (Å²) < 4.78 is 11.7. The summed E-state index contributed by atoms with van der Waals surface area (Å²) in [6, 6.07) is 20.0. The van der Waals surface area contributed by atoms with Gasteiger partial charge in [0.15, 0.2) is 6.10 Å². The van der Waals surface area contributed by atoms with Gasteiger partial charge in [-0.25, -0.2) is 0 Å². The average molecular weight is 363 g/mol. The largest absolute Gasteiger partial charge is 0.491 e. The van der Waals surface area contributed by atoms with Crippen molar-refractivity contribution < 1.29 is 14.3 Å². The number of carbonyl (C=O) groups excluding carboxylic acids is 1. The molecule has 0 aliphatic carbocycles. The first kappa shape index (κ1) is 18.8. The monoisotopic (exact) mass is 363 g/mol. The van der Waals surface area contributed by atoms with Gasteiger partial charge in [0.2, 0.25) is 0 Å². The number of fused-ring (bicyclic) bond motifs is 1. The highest BCUT2D eigenvalue weighted by Crippen LogP contribution is 2.25. The van der Waals surface area contributed by atoms with Gasteiger partial charge in [-0.1, -0.05) is 48.5 Å². The maximum absolute atomic E-state index is 12.3. The fraction of sp³-hybridized carbons (Fsp3) is 0.261. The lowest BCUT2D eigenvalue weighted by atomic mass is 10.1. The fourth-order valence-corrected chi connectivity index (χ4v) is 2.88. The van der Waals surface area contributed by atoms with E-state index in [0.717, 1.165) is 33.4 Å². The number of benzene rings is 3. The first-order valence-electron chi connectivity index (χ1n) is 9.17. The van der Waals surface area contributed by atoms with Gasteiger partial charge in [0.1, 0.15) is 18.1 Å². The van der Waals surface area contributed by atoms with Gasteiger partial charge in [-0.15, -0.1) is 0 Å². The molecule has 0 bridgehead atoms. The summed E-state index contributed by atoms with van der Waals surface area (Å²) in [5, 5.41) is 5.07. The Balaban J connectivity index is 1.49. The van der Waals surface area contributed by atoms with Crippen LogP contribution in [-0.2, 0) is 4.79 Å². The second-order valence-corrected chi connectivity index (χ2v) is 6.65. The summed E-state index contributed by atoms with van der Waals surface area (Å²) in [5.74, 6) is 1.41. The molecule has 4 nitrogen and oxygen atoms in total.